The van der Waals surface area contributed by atoms with Crippen molar-refractivity contribution in [2.45, 2.75) is 52.1 Å². The van der Waals surface area contributed by atoms with Crippen molar-refractivity contribution in [3.63, 3.8) is 0 Å². The number of nitrogens with one attached hydrogen (secondary N) is 1. The predicted molar refractivity (Wildman–Crippen MR) is 86.5 cm³/mol. The summed E-state index contributed by atoms with van der Waals surface area (Å²) in [6.45, 7) is 5.45. The summed E-state index contributed by atoms with van der Waals surface area (Å²) in [7, 11) is 4.07. The number of rotatable bonds is 4. The Balaban J connectivity index is 2.09. The van der Waals surface area contributed by atoms with E-state index in [2.05, 4.69) is 31.1 Å². The summed E-state index contributed by atoms with van der Waals surface area (Å²) in [6.07, 6.45) is 5.07. The second kappa shape index (κ2) is 6.31. The Labute approximate surface area is 127 Å². The van der Waals surface area contributed by atoms with Gasteiger partial charge in [0.2, 0.25) is 0 Å². The highest BCUT2D eigenvalue weighted by Crippen LogP contribution is 2.37. The number of pyridine rings is 1. The number of halogens is 1. The van der Waals surface area contributed by atoms with Crippen LogP contribution in [0.15, 0.2) is 12.1 Å². The fraction of sp³-hybridized carbons (Fsp3) is 0.688. The molecular formula is C16H26ClN3. The Morgan fingerprint density at radius 2 is 2.00 bits per heavy atom. The monoisotopic (exact) mass is 295 g/mol. The maximum absolute atomic E-state index is 6.18. The molecule has 2 rings (SSSR count). The van der Waals surface area contributed by atoms with E-state index in [1.54, 1.807) is 0 Å². The van der Waals surface area contributed by atoms with Gasteiger partial charge in [0.15, 0.2) is 0 Å². The van der Waals surface area contributed by atoms with Crippen LogP contribution in [0.5, 0.6) is 0 Å². The van der Waals surface area contributed by atoms with E-state index in [0.717, 1.165) is 16.5 Å². The second-order valence-corrected chi connectivity index (χ2v) is 7.04. The SMILES string of the molecule is CNCc1nc(N(C)C2CCC(C)(C)CC2)ccc1Cl. The molecule has 0 radical (unpaired) electrons. The first-order chi connectivity index (χ1) is 9.43. The molecule has 0 spiro atoms. The van der Waals surface area contributed by atoms with Crippen molar-refractivity contribution in [3.8, 4) is 0 Å². The maximum Gasteiger partial charge on any atom is 0.128 e. The zero-order chi connectivity index (χ0) is 14.8. The molecule has 0 amide bonds. The van der Waals surface area contributed by atoms with Crippen LogP contribution < -0.4 is 10.2 Å². The molecule has 1 saturated carbocycles. The van der Waals surface area contributed by atoms with E-state index in [0.29, 0.717) is 18.0 Å². The molecule has 1 aliphatic carbocycles. The van der Waals surface area contributed by atoms with Crippen LogP contribution in [-0.2, 0) is 6.54 Å². The lowest BCUT2D eigenvalue weighted by Crippen LogP contribution is -2.37. The van der Waals surface area contributed by atoms with Gasteiger partial charge >= 0.3 is 0 Å². The van der Waals surface area contributed by atoms with E-state index in [4.69, 9.17) is 16.6 Å². The van der Waals surface area contributed by atoms with Crippen molar-refractivity contribution in [1.29, 1.82) is 0 Å². The zero-order valence-corrected chi connectivity index (χ0v) is 13.8. The predicted octanol–water partition coefficient (Wildman–Crippen LogP) is 3.86. The molecule has 20 heavy (non-hydrogen) atoms. The molecule has 3 nitrogen and oxygen atoms in total. The Morgan fingerprint density at radius 3 is 2.60 bits per heavy atom. The first-order valence-electron chi connectivity index (χ1n) is 7.46. The molecule has 0 aromatic carbocycles. The summed E-state index contributed by atoms with van der Waals surface area (Å²) in [6, 6.07) is 4.58. The third-order valence-corrected chi connectivity index (χ3v) is 4.81. The topological polar surface area (TPSA) is 28.2 Å². The highest BCUT2D eigenvalue weighted by atomic mass is 35.5. The van der Waals surface area contributed by atoms with E-state index in [1.165, 1.54) is 25.7 Å². The van der Waals surface area contributed by atoms with E-state index >= 15 is 0 Å². The summed E-state index contributed by atoms with van der Waals surface area (Å²) in [5.74, 6) is 1.03. The van der Waals surface area contributed by atoms with Gasteiger partial charge < -0.3 is 10.2 Å². The van der Waals surface area contributed by atoms with Crippen LogP contribution in [0.1, 0.15) is 45.2 Å². The van der Waals surface area contributed by atoms with Crippen LogP contribution in [0.2, 0.25) is 5.02 Å². The van der Waals surface area contributed by atoms with Gasteiger partial charge in [-0.3, -0.25) is 0 Å². The summed E-state index contributed by atoms with van der Waals surface area (Å²) in [5.41, 5.74) is 1.43. The van der Waals surface area contributed by atoms with Crippen LogP contribution >= 0.6 is 11.6 Å². The van der Waals surface area contributed by atoms with E-state index in [1.807, 2.05) is 19.2 Å². The average molecular weight is 296 g/mol. The highest BCUT2D eigenvalue weighted by molar-refractivity contribution is 6.31. The molecule has 0 aliphatic heterocycles. The van der Waals surface area contributed by atoms with Gasteiger partial charge in [-0.05, 0) is 50.3 Å². The summed E-state index contributed by atoms with van der Waals surface area (Å²) in [4.78, 5) is 7.03. The van der Waals surface area contributed by atoms with Crippen molar-refractivity contribution in [3.05, 3.63) is 22.8 Å². The Bertz CT molecular complexity index is 449. The number of hydrogen-bond donors (Lipinski definition) is 1. The maximum atomic E-state index is 6.18. The van der Waals surface area contributed by atoms with Crippen molar-refractivity contribution >= 4 is 17.4 Å². The largest absolute Gasteiger partial charge is 0.357 e. The molecule has 1 fully saturated rings. The minimum atomic E-state index is 0.502. The van der Waals surface area contributed by atoms with Crippen LogP contribution in [-0.4, -0.2) is 25.1 Å². The Kier molecular flexibility index (Phi) is 4.92. The van der Waals surface area contributed by atoms with Gasteiger partial charge in [-0.25, -0.2) is 4.98 Å². The summed E-state index contributed by atoms with van der Waals surface area (Å²) in [5, 5.41) is 3.85. The standard InChI is InChI=1S/C16H26ClN3/c1-16(2)9-7-12(8-10-16)20(4)15-6-5-13(17)14(19-15)11-18-3/h5-6,12,18H,7-11H2,1-4H3. The van der Waals surface area contributed by atoms with Crippen LogP contribution in [0.25, 0.3) is 0 Å². The van der Waals surface area contributed by atoms with E-state index < -0.39 is 0 Å². The number of nitrogens with zero attached hydrogens (tertiary/aromatic N) is 2. The molecule has 0 unspecified atom stereocenters. The average Bonchev–Trinajstić information content (AvgIpc) is 2.41. The minimum absolute atomic E-state index is 0.502. The van der Waals surface area contributed by atoms with Gasteiger partial charge in [-0.15, -0.1) is 0 Å². The number of anilines is 1. The Morgan fingerprint density at radius 1 is 1.35 bits per heavy atom. The molecule has 112 valence electrons. The van der Waals surface area contributed by atoms with Gasteiger partial charge in [-0.1, -0.05) is 25.4 Å². The normalized spacial score (nSPS) is 19.1. The van der Waals surface area contributed by atoms with Gasteiger partial charge in [-0.2, -0.15) is 0 Å². The molecule has 1 aromatic rings. The highest BCUT2D eigenvalue weighted by Gasteiger charge is 2.29. The van der Waals surface area contributed by atoms with Gasteiger partial charge in [0.1, 0.15) is 5.82 Å². The van der Waals surface area contributed by atoms with Crippen molar-refractivity contribution in [1.82, 2.24) is 10.3 Å². The Hall–Kier alpha value is -0.800. The molecule has 0 bridgehead atoms. The summed E-state index contributed by atoms with van der Waals surface area (Å²) < 4.78 is 0. The third-order valence-electron chi connectivity index (χ3n) is 4.47. The lowest BCUT2D eigenvalue weighted by Gasteiger charge is -2.39. The fourth-order valence-electron chi connectivity index (χ4n) is 2.92. The quantitative estimate of drug-likeness (QED) is 0.914. The first-order valence-corrected chi connectivity index (χ1v) is 7.83. The minimum Gasteiger partial charge on any atom is -0.357 e. The molecular weight excluding hydrogens is 270 g/mol. The third kappa shape index (κ3) is 3.64. The second-order valence-electron chi connectivity index (χ2n) is 6.63. The van der Waals surface area contributed by atoms with Gasteiger partial charge in [0.05, 0.1) is 10.7 Å². The first kappa shape index (κ1) is 15.6. The fourth-order valence-corrected chi connectivity index (χ4v) is 3.09. The van der Waals surface area contributed by atoms with Crippen molar-refractivity contribution in [2.24, 2.45) is 5.41 Å². The van der Waals surface area contributed by atoms with Crippen LogP contribution in [0.4, 0.5) is 5.82 Å². The zero-order valence-electron chi connectivity index (χ0n) is 13.0. The smallest absolute Gasteiger partial charge is 0.128 e. The lowest BCUT2D eigenvalue weighted by atomic mass is 9.75. The van der Waals surface area contributed by atoms with Gasteiger partial charge in [0.25, 0.3) is 0 Å². The van der Waals surface area contributed by atoms with Crippen LogP contribution in [0, 0.1) is 5.41 Å². The lowest BCUT2D eigenvalue weighted by molar-refractivity contribution is 0.222. The molecule has 0 atom stereocenters. The van der Waals surface area contributed by atoms with Gasteiger partial charge in [0, 0.05) is 19.6 Å². The molecule has 1 aliphatic rings. The number of aromatic nitrogens is 1. The van der Waals surface area contributed by atoms with E-state index in [-0.39, 0.29) is 0 Å². The van der Waals surface area contributed by atoms with E-state index in [9.17, 15) is 0 Å². The van der Waals surface area contributed by atoms with Crippen molar-refractivity contribution in [2.75, 3.05) is 19.0 Å². The summed E-state index contributed by atoms with van der Waals surface area (Å²) >= 11 is 6.18. The molecule has 1 heterocycles. The number of hydrogen-bond acceptors (Lipinski definition) is 3. The molecule has 1 aromatic heterocycles. The van der Waals surface area contributed by atoms with Crippen LogP contribution in [0.3, 0.4) is 0 Å². The molecule has 0 saturated heterocycles. The molecule has 4 heteroatoms. The molecule has 1 N–H and O–H groups in total. The van der Waals surface area contributed by atoms with Crippen molar-refractivity contribution < 1.29 is 0 Å².